The number of rotatable bonds is 7. The molecule has 0 unspecified atom stereocenters. The summed E-state index contributed by atoms with van der Waals surface area (Å²) in [6.07, 6.45) is -3.45. The Labute approximate surface area is 186 Å². The van der Waals surface area contributed by atoms with Crippen LogP contribution in [0.2, 0.25) is 0 Å². The first-order chi connectivity index (χ1) is 15.5. The Kier molecular flexibility index (Phi) is 7.04. The molecule has 0 saturated heterocycles. The molecule has 5 nitrogen and oxygen atoms in total. The molecule has 1 N–H and O–H groups in total. The van der Waals surface area contributed by atoms with E-state index in [9.17, 15) is 26.7 Å². The lowest BCUT2D eigenvalue weighted by atomic mass is 10.0. The quantitative estimate of drug-likeness (QED) is 0.401. The van der Waals surface area contributed by atoms with Gasteiger partial charge in [0.15, 0.2) is 5.69 Å². The number of hydrogen-bond donors (Lipinski definition) is 1. The van der Waals surface area contributed by atoms with Gasteiger partial charge in [0, 0.05) is 11.1 Å². The van der Waals surface area contributed by atoms with Crippen LogP contribution in [0.4, 0.5) is 22.0 Å². The van der Waals surface area contributed by atoms with Crippen molar-refractivity contribution in [3.63, 3.8) is 0 Å². The van der Waals surface area contributed by atoms with Gasteiger partial charge in [-0.25, -0.2) is 8.78 Å². The van der Waals surface area contributed by atoms with Crippen LogP contribution in [0.5, 0.6) is 11.8 Å². The SMILES string of the molecule is CCCc1c(Oc2nc(C(=O)N[C@H](C)c3cc(F)c(C)c(F)c3)co2)cccc1C(F)(F)F. The molecule has 0 saturated carbocycles. The summed E-state index contributed by atoms with van der Waals surface area (Å²) in [5, 5.41) is 2.53. The summed E-state index contributed by atoms with van der Waals surface area (Å²) in [5.41, 5.74) is -1.01. The van der Waals surface area contributed by atoms with E-state index >= 15 is 0 Å². The molecule has 10 heteroatoms. The van der Waals surface area contributed by atoms with Crippen molar-refractivity contribution in [3.8, 4) is 11.8 Å². The van der Waals surface area contributed by atoms with Gasteiger partial charge in [-0.15, -0.1) is 0 Å². The maximum absolute atomic E-state index is 13.8. The fourth-order valence-electron chi connectivity index (χ4n) is 3.21. The number of aromatic nitrogens is 1. The Morgan fingerprint density at radius 1 is 1.21 bits per heavy atom. The van der Waals surface area contributed by atoms with Gasteiger partial charge < -0.3 is 14.5 Å². The second-order valence-corrected chi connectivity index (χ2v) is 7.44. The predicted octanol–water partition coefficient (Wildman–Crippen LogP) is 6.52. The average molecular weight is 468 g/mol. The molecular weight excluding hydrogens is 447 g/mol. The van der Waals surface area contributed by atoms with Crippen LogP contribution in [0.15, 0.2) is 41.0 Å². The van der Waals surface area contributed by atoms with Gasteiger partial charge in [-0.2, -0.15) is 18.2 Å². The highest BCUT2D eigenvalue weighted by Gasteiger charge is 2.34. The largest absolute Gasteiger partial charge is 0.416 e. The van der Waals surface area contributed by atoms with Crippen molar-refractivity contribution >= 4 is 5.91 Å². The number of halogens is 5. The number of benzene rings is 2. The number of ether oxygens (including phenoxy) is 1. The topological polar surface area (TPSA) is 64.4 Å². The number of nitrogens with zero attached hydrogens (tertiary/aromatic N) is 1. The fourth-order valence-corrected chi connectivity index (χ4v) is 3.21. The Morgan fingerprint density at radius 2 is 1.88 bits per heavy atom. The molecule has 3 rings (SSSR count). The van der Waals surface area contributed by atoms with Crippen molar-refractivity contribution in [3.05, 3.63) is 76.2 Å². The van der Waals surface area contributed by atoms with Crippen molar-refractivity contribution in [1.29, 1.82) is 0 Å². The number of amides is 1. The number of alkyl halides is 3. The summed E-state index contributed by atoms with van der Waals surface area (Å²) in [5.74, 6) is -2.29. The normalized spacial score (nSPS) is 12.5. The molecule has 0 radical (unpaired) electrons. The van der Waals surface area contributed by atoms with Crippen molar-refractivity contribution < 1.29 is 35.9 Å². The Morgan fingerprint density at radius 3 is 2.48 bits per heavy atom. The third-order valence-electron chi connectivity index (χ3n) is 5.00. The molecule has 0 spiro atoms. The first-order valence-corrected chi connectivity index (χ1v) is 10.1. The van der Waals surface area contributed by atoms with E-state index in [-0.39, 0.29) is 34.6 Å². The van der Waals surface area contributed by atoms with E-state index < -0.39 is 41.4 Å². The van der Waals surface area contributed by atoms with E-state index in [4.69, 9.17) is 9.15 Å². The molecule has 0 aliphatic rings. The van der Waals surface area contributed by atoms with Crippen molar-refractivity contribution in [2.75, 3.05) is 0 Å². The monoisotopic (exact) mass is 468 g/mol. The molecule has 176 valence electrons. The van der Waals surface area contributed by atoms with Crippen LogP contribution < -0.4 is 10.1 Å². The van der Waals surface area contributed by atoms with Gasteiger partial charge >= 0.3 is 12.3 Å². The molecule has 1 atom stereocenters. The molecule has 0 aliphatic carbocycles. The highest BCUT2D eigenvalue weighted by Crippen LogP contribution is 2.38. The minimum Gasteiger partial charge on any atom is -0.416 e. The average Bonchev–Trinajstić information content (AvgIpc) is 3.21. The molecule has 2 aromatic carbocycles. The van der Waals surface area contributed by atoms with E-state index in [1.54, 1.807) is 6.92 Å². The third-order valence-corrected chi connectivity index (χ3v) is 5.00. The molecular formula is C23H21F5N2O3. The third kappa shape index (κ3) is 5.50. The predicted molar refractivity (Wildman–Crippen MR) is 109 cm³/mol. The smallest absolute Gasteiger partial charge is 0.416 e. The number of hydrogen-bond acceptors (Lipinski definition) is 4. The molecule has 0 fully saturated rings. The number of nitrogens with one attached hydrogen (secondary N) is 1. The zero-order valence-electron chi connectivity index (χ0n) is 18.0. The van der Waals surface area contributed by atoms with Gasteiger partial charge in [-0.05, 0) is 50.1 Å². The van der Waals surface area contributed by atoms with Crippen molar-refractivity contribution in [2.24, 2.45) is 0 Å². The minimum atomic E-state index is -4.56. The lowest BCUT2D eigenvalue weighted by Gasteiger charge is -2.15. The second kappa shape index (κ2) is 9.60. The van der Waals surface area contributed by atoms with Gasteiger partial charge in [-0.1, -0.05) is 19.4 Å². The minimum absolute atomic E-state index is 0.0475. The molecule has 33 heavy (non-hydrogen) atoms. The lowest BCUT2D eigenvalue weighted by Crippen LogP contribution is -2.27. The first-order valence-electron chi connectivity index (χ1n) is 10.1. The first kappa shape index (κ1) is 24.2. The second-order valence-electron chi connectivity index (χ2n) is 7.44. The molecule has 1 aromatic heterocycles. The van der Waals surface area contributed by atoms with Crippen LogP contribution in [-0.4, -0.2) is 10.9 Å². The maximum atomic E-state index is 13.8. The van der Waals surface area contributed by atoms with Gasteiger partial charge in [-0.3, -0.25) is 4.79 Å². The van der Waals surface area contributed by atoms with E-state index in [1.807, 2.05) is 0 Å². The lowest BCUT2D eigenvalue weighted by molar-refractivity contribution is -0.138. The van der Waals surface area contributed by atoms with E-state index in [0.29, 0.717) is 6.42 Å². The number of carbonyl (C=O) groups is 1. The molecule has 1 heterocycles. The van der Waals surface area contributed by atoms with Gasteiger partial charge in [0.05, 0.1) is 11.6 Å². The van der Waals surface area contributed by atoms with Gasteiger partial charge in [0.2, 0.25) is 0 Å². The maximum Gasteiger partial charge on any atom is 0.416 e. The van der Waals surface area contributed by atoms with Crippen LogP contribution in [0.1, 0.15) is 59.1 Å². The van der Waals surface area contributed by atoms with Gasteiger partial charge in [0.1, 0.15) is 23.6 Å². The standard InChI is InChI=1S/C23H21F5N2O3/c1-4-6-15-16(23(26,27)28)7-5-8-20(15)33-22-30-19(11-32-22)21(31)29-13(3)14-9-17(24)12(2)18(25)10-14/h5,7-11,13H,4,6H2,1-3H3,(H,29,31)/t13-/m1/s1. The van der Waals surface area contributed by atoms with Crippen molar-refractivity contribution in [1.82, 2.24) is 10.3 Å². The summed E-state index contributed by atoms with van der Waals surface area (Å²) in [7, 11) is 0. The summed E-state index contributed by atoms with van der Waals surface area (Å²) in [6.45, 7) is 4.56. The van der Waals surface area contributed by atoms with Crippen LogP contribution in [-0.2, 0) is 12.6 Å². The van der Waals surface area contributed by atoms with E-state index in [0.717, 1.165) is 24.5 Å². The molecule has 3 aromatic rings. The Balaban J connectivity index is 1.77. The van der Waals surface area contributed by atoms with E-state index in [2.05, 4.69) is 10.3 Å². The van der Waals surface area contributed by atoms with Crippen LogP contribution in [0, 0.1) is 18.6 Å². The molecule has 1 amide bonds. The zero-order valence-corrected chi connectivity index (χ0v) is 18.0. The molecule has 0 bridgehead atoms. The van der Waals surface area contributed by atoms with Gasteiger partial charge in [0.25, 0.3) is 5.91 Å². The summed E-state index contributed by atoms with van der Waals surface area (Å²) in [6, 6.07) is 4.99. The summed E-state index contributed by atoms with van der Waals surface area (Å²) >= 11 is 0. The summed E-state index contributed by atoms with van der Waals surface area (Å²) < 4.78 is 78.1. The number of carbonyl (C=O) groups excluding carboxylic acids is 1. The van der Waals surface area contributed by atoms with Crippen molar-refractivity contribution in [2.45, 2.75) is 45.8 Å². The van der Waals surface area contributed by atoms with Crippen LogP contribution in [0.25, 0.3) is 0 Å². The van der Waals surface area contributed by atoms with Crippen LogP contribution >= 0.6 is 0 Å². The Hall–Kier alpha value is -3.43. The van der Waals surface area contributed by atoms with Crippen LogP contribution in [0.3, 0.4) is 0 Å². The molecule has 0 aliphatic heterocycles. The zero-order chi connectivity index (χ0) is 24.3. The highest BCUT2D eigenvalue weighted by atomic mass is 19.4. The Bertz CT molecular complexity index is 1130. The highest BCUT2D eigenvalue weighted by molar-refractivity contribution is 5.92. The number of oxazole rings is 1. The summed E-state index contributed by atoms with van der Waals surface area (Å²) in [4.78, 5) is 16.3. The fraction of sp³-hybridized carbons (Fsp3) is 0.304. The van der Waals surface area contributed by atoms with E-state index in [1.165, 1.54) is 26.0 Å².